The van der Waals surface area contributed by atoms with Crippen molar-refractivity contribution in [3.63, 3.8) is 0 Å². The molecule has 11 heavy (non-hydrogen) atoms. The van der Waals surface area contributed by atoms with Crippen LogP contribution in [0.2, 0.25) is 0 Å². The summed E-state index contributed by atoms with van der Waals surface area (Å²) in [7, 11) is 0. The Balaban J connectivity index is 2.92. The van der Waals surface area contributed by atoms with E-state index in [0.717, 1.165) is 12.2 Å². The van der Waals surface area contributed by atoms with Gasteiger partial charge in [0, 0.05) is 0 Å². The molecule has 0 bridgehead atoms. The predicted octanol–water partition coefficient (Wildman–Crippen LogP) is 2.41. The van der Waals surface area contributed by atoms with Gasteiger partial charge < -0.3 is 0 Å². The average molecular weight is 316 g/mol. The number of benzene rings is 1. The Hall–Kier alpha value is -0.422. The first-order valence-electron chi connectivity index (χ1n) is 3.60. The van der Waals surface area contributed by atoms with Gasteiger partial charge in [0.2, 0.25) is 0 Å². The maximum atomic E-state index is 4.36. The van der Waals surface area contributed by atoms with Crippen molar-refractivity contribution in [1.29, 1.82) is 0 Å². The third-order valence-corrected chi connectivity index (χ3v) is 2.30. The van der Waals surface area contributed by atoms with Gasteiger partial charge >= 0.3 is 78.1 Å². The molecule has 0 aliphatic rings. The van der Waals surface area contributed by atoms with Crippen LogP contribution < -0.4 is 0 Å². The first-order chi connectivity index (χ1) is 5.38. The second-order valence-corrected chi connectivity index (χ2v) is 3.00. The fraction of sp³-hybridized carbons (Fsp3) is 0.222. The molecule has 0 N–H and O–H groups in total. The number of hydrogen-bond acceptors (Lipinski definition) is 0. The van der Waals surface area contributed by atoms with Gasteiger partial charge in [-0.3, -0.25) is 0 Å². The van der Waals surface area contributed by atoms with Gasteiger partial charge in [0.05, 0.1) is 0 Å². The van der Waals surface area contributed by atoms with Crippen LogP contribution in [0.3, 0.4) is 0 Å². The third-order valence-electron chi connectivity index (χ3n) is 1.39. The van der Waals surface area contributed by atoms with Crippen molar-refractivity contribution >= 4 is 10.1 Å². The van der Waals surface area contributed by atoms with Crippen LogP contribution in [0.5, 0.6) is 0 Å². The summed E-state index contributed by atoms with van der Waals surface area (Å²) >= 11 is 1.47. The van der Waals surface area contributed by atoms with Gasteiger partial charge in [0.25, 0.3) is 0 Å². The van der Waals surface area contributed by atoms with Gasteiger partial charge in [-0.05, 0) is 0 Å². The van der Waals surface area contributed by atoms with Crippen LogP contribution in [-0.2, 0) is 19.4 Å². The summed E-state index contributed by atoms with van der Waals surface area (Å²) < 4.78 is 2.16. The summed E-state index contributed by atoms with van der Waals surface area (Å²) in [5.74, 6) is 0. The minimum atomic E-state index is 0.861. The van der Waals surface area contributed by atoms with Crippen LogP contribution in [0.15, 0.2) is 24.3 Å². The molecule has 58 valence electrons. The average Bonchev–Trinajstić information content (AvgIpc) is 2.06. The van der Waals surface area contributed by atoms with Crippen LogP contribution in [0, 0.1) is 0 Å². The molecule has 1 aromatic rings. The second-order valence-electron chi connectivity index (χ2n) is 2.15. The molecule has 1 rings (SSSR count). The fourth-order valence-electron chi connectivity index (χ4n) is 0.902. The summed E-state index contributed by atoms with van der Waals surface area (Å²) in [4.78, 5) is 0. The van der Waals surface area contributed by atoms with E-state index < -0.39 is 0 Å². The Kier molecular flexibility index (Phi) is 3.51. The Bertz CT molecular complexity index is 245. The minimum absolute atomic E-state index is 0.861. The molecule has 1 aromatic carbocycles. The Labute approximate surface area is 78.2 Å². The summed E-state index contributed by atoms with van der Waals surface area (Å²) in [6.45, 7) is 2.92. The zero-order valence-electron chi connectivity index (χ0n) is 6.45. The standard InChI is InChI=1S/C9H10N.W/c1-3-10-9-7-5-4-6-8(9)2;/h2,4-7H,3H2,1H3;/q-1;. The predicted molar refractivity (Wildman–Crippen MR) is 45.2 cm³/mol. The van der Waals surface area contributed by atoms with Crippen LogP contribution in [0.4, 0.5) is 5.69 Å². The molecule has 0 amide bonds. The molecule has 0 heterocycles. The molecule has 0 atom stereocenters. The fourth-order valence-corrected chi connectivity index (χ4v) is 1.62. The number of hydrogen-bond donors (Lipinski definition) is 0. The molecule has 0 aliphatic carbocycles. The van der Waals surface area contributed by atoms with E-state index in [9.17, 15) is 0 Å². The van der Waals surface area contributed by atoms with Crippen molar-refractivity contribution < 1.29 is 19.4 Å². The Morgan fingerprint density at radius 1 is 1.45 bits per heavy atom. The molecule has 0 saturated heterocycles. The van der Waals surface area contributed by atoms with E-state index in [1.54, 1.807) is 0 Å². The molecule has 2 heteroatoms. The zero-order chi connectivity index (χ0) is 8.10. The van der Waals surface area contributed by atoms with Crippen LogP contribution >= 0.6 is 0 Å². The number of nitrogens with zero attached hydrogens (tertiary/aromatic N) is 1. The van der Waals surface area contributed by atoms with Crippen molar-refractivity contribution in [3.05, 3.63) is 35.1 Å². The Morgan fingerprint density at radius 2 is 2.18 bits per heavy atom. The van der Waals surface area contributed by atoms with Crippen molar-refractivity contribution in [3.8, 4) is 0 Å². The zero-order valence-corrected chi connectivity index (χ0v) is 9.38. The molecule has 0 unspecified atom stereocenters. The molecule has 0 aromatic heterocycles. The molecule has 0 aliphatic heterocycles. The first kappa shape index (κ1) is 8.67. The molecule has 0 radical (unpaired) electrons. The first-order valence-corrected chi connectivity index (χ1v) is 5.29. The summed E-state index contributed by atoms with van der Waals surface area (Å²) in [5.41, 5.74) is 2.37. The quantitative estimate of drug-likeness (QED) is 0.813. The second kappa shape index (κ2) is 4.46. The summed E-state index contributed by atoms with van der Waals surface area (Å²) in [5, 5.41) is 4.36. The molecule has 0 spiro atoms. The molecule has 1 nitrogen and oxygen atoms in total. The van der Waals surface area contributed by atoms with Crippen LogP contribution in [-0.4, -0.2) is 10.9 Å². The molecular formula is C9H10NW-. The Morgan fingerprint density at radius 3 is 2.82 bits per heavy atom. The van der Waals surface area contributed by atoms with E-state index >= 15 is 0 Å². The molecular weight excluding hydrogens is 306 g/mol. The van der Waals surface area contributed by atoms with E-state index in [4.69, 9.17) is 0 Å². The maximum absolute atomic E-state index is 4.36. The van der Waals surface area contributed by atoms with Gasteiger partial charge in [-0.1, -0.05) is 0 Å². The van der Waals surface area contributed by atoms with Gasteiger partial charge in [0.1, 0.15) is 0 Å². The van der Waals surface area contributed by atoms with E-state index in [0.29, 0.717) is 0 Å². The monoisotopic (exact) mass is 316 g/mol. The third kappa shape index (κ3) is 2.27. The van der Waals surface area contributed by atoms with E-state index in [-0.39, 0.29) is 0 Å². The number of rotatable bonds is 3. The number of para-hydroxylation sites is 1. The van der Waals surface area contributed by atoms with Gasteiger partial charge in [0.15, 0.2) is 0 Å². The SMILES string of the molecule is CC[N-]c1ccccc1[CH]=[W]. The topological polar surface area (TPSA) is 14.1 Å². The van der Waals surface area contributed by atoms with E-state index in [2.05, 4.69) is 28.8 Å². The van der Waals surface area contributed by atoms with Crippen LogP contribution in [0.1, 0.15) is 12.5 Å². The van der Waals surface area contributed by atoms with Crippen molar-refractivity contribution in [2.75, 3.05) is 6.54 Å². The van der Waals surface area contributed by atoms with Gasteiger partial charge in [-0.2, -0.15) is 0 Å². The van der Waals surface area contributed by atoms with Gasteiger partial charge in [-0.25, -0.2) is 0 Å². The molecule has 0 fully saturated rings. The van der Waals surface area contributed by atoms with Crippen molar-refractivity contribution in [2.24, 2.45) is 0 Å². The van der Waals surface area contributed by atoms with Gasteiger partial charge in [-0.15, -0.1) is 0 Å². The van der Waals surface area contributed by atoms with Crippen molar-refractivity contribution in [2.45, 2.75) is 6.92 Å². The normalized spacial score (nSPS) is 9.18. The summed E-state index contributed by atoms with van der Waals surface area (Å²) in [6, 6.07) is 8.22. The van der Waals surface area contributed by atoms with Crippen LogP contribution in [0.25, 0.3) is 5.32 Å². The van der Waals surface area contributed by atoms with Crippen molar-refractivity contribution in [1.82, 2.24) is 0 Å². The van der Waals surface area contributed by atoms with E-state index in [1.807, 2.05) is 12.1 Å². The molecule has 0 saturated carbocycles. The van der Waals surface area contributed by atoms with E-state index in [1.165, 1.54) is 24.9 Å². The summed E-state index contributed by atoms with van der Waals surface area (Å²) in [6.07, 6.45) is 0.